The molecule has 0 aliphatic heterocycles. The van der Waals surface area contributed by atoms with E-state index >= 15 is 0 Å². The summed E-state index contributed by atoms with van der Waals surface area (Å²) in [4.78, 5) is 12.4. The fraction of sp³-hybridized carbons (Fsp3) is 0.611. The Kier molecular flexibility index (Phi) is 8.37. The largest absolute Gasteiger partial charge is 0.416 e. The van der Waals surface area contributed by atoms with Gasteiger partial charge < -0.3 is 15.8 Å². The lowest BCUT2D eigenvalue weighted by atomic mass is 9.76. The third-order valence-corrected chi connectivity index (χ3v) is 4.84. The van der Waals surface area contributed by atoms with Crippen LogP contribution in [0.15, 0.2) is 24.3 Å². The van der Waals surface area contributed by atoms with Crippen molar-refractivity contribution in [3.05, 3.63) is 35.4 Å². The first-order valence-electron chi connectivity index (χ1n) is 8.52. The van der Waals surface area contributed by atoms with Crippen molar-refractivity contribution < 1.29 is 22.7 Å². The number of benzene rings is 1. The first-order valence-corrected chi connectivity index (χ1v) is 8.52. The first-order chi connectivity index (χ1) is 11.8. The molecule has 1 aromatic rings. The second-order valence-electron chi connectivity index (χ2n) is 6.57. The Morgan fingerprint density at radius 1 is 1.31 bits per heavy atom. The highest BCUT2D eigenvalue weighted by Crippen LogP contribution is 2.39. The Morgan fingerprint density at radius 3 is 2.50 bits per heavy atom. The fourth-order valence-corrected chi connectivity index (χ4v) is 3.42. The van der Waals surface area contributed by atoms with E-state index in [-0.39, 0.29) is 31.3 Å². The zero-order valence-electron chi connectivity index (χ0n) is 14.8. The Bertz CT molecular complexity index is 586. The highest BCUT2D eigenvalue weighted by molar-refractivity contribution is 5.85. The lowest BCUT2D eigenvalue weighted by molar-refractivity contribution is -0.137. The third-order valence-electron chi connectivity index (χ3n) is 4.84. The number of methoxy groups -OCH3 is 1. The molecule has 8 heteroatoms. The summed E-state index contributed by atoms with van der Waals surface area (Å²) in [7, 11) is 1.48. The maximum absolute atomic E-state index is 13.1. The van der Waals surface area contributed by atoms with E-state index in [9.17, 15) is 18.0 Å². The van der Waals surface area contributed by atoms with Crippen molar-refractivity contribution in [2.24, 2.45) is 5.73 Å². The molecule has 0 saturated heterocycles. The molecule has 1 amide bonds. The number of carbonyl (C=O) groups excluding carboxylic acids is 1. The Morgan fingerprint density at radius 2 is 1.96 bits per heavy atom. The molecule has 1 aliphatic rings. The summed E-state index contributed by atoms with van der Waals surface area (Å²) < 4.78 is 44.3. The monoisotopic (exact) mass is 394 g/mol. The molecule has 0 spiro atoms. The van der Waals surface area contributed by atoms with Gasteiger partial charge in [0.05, 0.1) is 23.6 Å². The van der Waals surface area contributed by atoms with E-state index in [1.807, 2.05) is 0 Å². The van der Waals surface area contributed by atoms with Gasteiger partial charge in [-0.25, -0.2) is 0 Å². The summed E-state index contributed by atoms with van der Waals surface area (Å²) in [5.74, 6) is -0.253. The van der Waals surface area contributed by atoms with Gasteiger partial charge in [0.2, 0.25) is 5.91 Å². The molecule has 0 bridgehead atoms. The average molecular weight is 395 g/mol. The van der Waals surface area contributed by atoms with Crippen molar-refractivity contribution in [1.29, 1.82) is 0 Å². The molecule has 148 valence electrons. The Hall–Kier alpha value is -1.31. The van der Waals surface area contributed by atoms with Crippen molar-refractivity contribution in [3.8, 4) is 0 Å². The molecule has 1 saturated carbocycles. The second-order valence-corrected chi connectivity index (χ2v) is 6.57. The maximum atomic E-state index is 13.1. The molecule has 1 unspecified atom stereocenters. The fourth-order valence-electron chi connectivity index (χ4n) is 3.42. The molecule has 2 rings (SSSR count). The van der Waals surface area contributed by atoms with Crippen molar-refractivity contribution in [1.82, 2.24) is 5.32 Å². The lowest BCUT2D eigenvalue weighted by Crippen LogP contribution is -2.48. The zero-order valence-corrected chi connectivity index (χ0v) is 15.6. The number of carbonyl (C=O) groups is 1. The van der Waals surface area contributed by atoms with E-state index in [4.69, 9.17) is 10.5 Å². The van der Waals surface area contributed by atoms with Gasteiger partial charge in [-0.3, -0.25) is 4.79 Å². The number of alkyl halides is 3. The summed E-state index contributed by atoms with van der Waals surface area (Å²) in [6.07, 6.45) is -0.727. The summed E-state index contributed by atoms with van der Waals surface area (Å²) in [5.41, 5.74) is 4.60. The summed E-state index contributed by atoms with van der Waals surface area (Å²) in [5, 5.41) is 2.98. The minimum absolute atomic E-state index is 0. The van der Waals surface area contributed by atoms with Crippen molar-refractivity contribution in [2.75, 3.05) is 13.7 Å². The van der Waals surface area contributed by atoms with Gasteiger partial charge in [-0.2, -0.15) is 13.2 Å². The van der Waals surface area contributed by atoms with Crippen LogP contribution in [-0.2, 0) is 21.2 Å². The second kappa shape index (κ2) is 9.58. The molecular weight excluding hydrogens is 369 g/mol. The van der Waals surface area contributed by atoms with Gasteiger partial charge in [0, 0.05) is 13.7 Å². The highest BCUT2D eigenvalue weighted by atomic mass is 35.5. The van der Waals surface area contributed by atoms with Gasteiger partial charge in [-0.1, -0.05) is 31.4 Å². The number of hydrogen-bond donors (Lipinski definition) is 2. The number of hydrogen-bond acceptors (Lipinski definition) is 3. The number of rotatable bonds is 6. The molecule has 1 fully saturated rings. The molecule has 1 aliphatic carbocycles. The van der Waals surface area contributed by atoms with Gasteiger partial charge >= 0.3 is 6.18 Å². The number of amides is 1. The smallest absolute Gasteiger partial charge is 0.380 e. The van der Waals surface area contributed by atoms with E-state index in [0.29, 0.717) is 18.4 Å². The van der Waals surface area contributed by atoms with Gasteiger partial charge in [0.25, 0.3) is 0 Å². The molecule has 0 radical (unpaired) electrons. The molecule has 4 nitrogen and oxygen atoms in total. The molecule has 0 aromatic heterocycles. The van der Waals surface area contributed by atoms with E-state index in [1.165, 1.54) is 13.2 Å². The molecule has 3 N–H and O–H groups in total. The van der Waals surface area contributed by atoms with Gasteiger partial charge in [-0.05, 0) is 30.5 Å². The van der Waals surface area contributed by atoms with Crippen LogP contribution in [0.2, 0.25) is 0 Å². The van der Waals surface area contributed by atoms with Crippen molar-refractivity contribution in [2.45, 2.75) is 56.3 Å². The van der Waals surface area contributed by atoms with Crippen LogP contribution >= 0.6 is 12.4 Å². The Labute approximate surface area is 158 Å². The zero-order chi connectivity index (χ0) is 18.5. The number of ether oxygens (including phenoxy) is 1. The van der Waals surface area contributed by atoms with E-state index in [2.05, 4.69) is 5.32 Å². The van der Waals surface area contributed by atoms with Gasteiger partial charge in [0.1, 0.15) is 0 Å². The molecule has 26 heavy (non-hydrogen) atoms. The molecule has 0 heterocycles. The van der Waals surface area contributed by atoms with Crippen molar-refractivity contribution >= 4 is 18.3 Å². The van der Waals surface area contributed by atoms with E-state index < -0.39 is 23.4 Å². The van der Waals surface area contributed by atoms with E-state index in [1.54, 1.807) is 6.07 Å². The number of nitrogens with two attached hydrogens (primary N) is 1. The lowest BCUT2D eigenvalue weighted by Gasteiger charge is -2.39. The minimum atomic E-state index is -4.41. The van der Waals surface area contributed by atoms with Crippen LogP contribution in [0, 0.1) is 0 Å². The predicted octanol–water partition coefficient (Wildman–Crippen LogP) is 3.77. The van der Waals surface area contributed by atoms with Crippen molar-refractivity contribution in [3.63, 3.8) is 0 Å². The molecule has 1 aromatic carbocycles. The van der Waals surface area contributed by atoms with E-state index in [0.717, 1.165) is 31.4 Å². The highest BCUT2D eigenvalue weighted by Gasteiger charge is 2.38. The average Bonchev–Trinajstić information content (AvgIpc) is 2.60. The van der Waals surface area contributed by atoms with Crippen LogP contribution < -0.4 is 11.1 Å². The molecule has 1 atom stereocenters. The minimum Gasteiger partial charge on any atom is -0.380 e. The van der Waals surface area contributed by atoms with Crippen LogP contribution in [0.25, 0.3) is 0 Å². The number of nitrogens with one attached hydrogen (secondary N) is 1. The topological polar surface area (TPSA) is 64.3 Å². The van der Waals surface area contributed by atoms with Gasteiger partial charge in [0.15, 0.2) is 0 Å². The summed E-state index contributed by atoms with van der Waals surface area (Å²) >= 11 is 0. The quantitative estimate of drug-likeness (QED) is 0.772. The standard InChI is InChI=1S/C18H25F3N2O2.ClH/c1-25-15(12-22)11-16(24)23-17(8-3-2-4-9-17)13-6-5-7-14(10-13)18(19,20)21;/h5-7,10,15H,2-4,8-9,11-12,22H2,1H3,(H,23,24);1H. The Balaban J connectivity index is 0.00000338. The maximum Gasteiger partial charge on any atom is 0.416 e. The summed E-state index contributed by atoms with van der Waals surface area (Å²) in [6.45, 7) is 0.209. The van der Waals surface area contributed by atoms with Crippen LogP contribution in [-0.4, -0.2) is 25.7 Å². The van der Waals surface area contributed by atoms with Crippen LogP contribution in [0.3, 0.4) is 0 Å². The number of halogens is 4. The molecular formula is C18H26ClF3N2O2. The van der Waals surface area contributed by atoms with Crippen LogP contribution in [0.5, 0.6) is 0 Å². The first kappa shape index (κ1) is 22.7. The van der Waals surface area contributed by atoms with Gasteiger partial charge in [-0.15, -0.1) is 12.4 Å². The third kappa shape index (κ3) is 5.59. The SMILES string of the molecule is COC(CN)CC(=O)NC1(c2cccc(C(F)(F)F)c2)CCCCC1.Cl. The van der Waals surface area contributed by atoms with Crippen LogP contribution in [0.4, 0.5) is 13.2 Å². The normalized spacial score (nSPS) is 17.9. The predicted molar refractivity (Wildman–Crippen MR) is 96.1 cm³/mol. The summed E-state index contributed by atoms with van der Waals surface area (Å²) in [6, 6.07) is 5.27. The van der Waals surface area contributed by atoms with Crippen LogP contribution in [0.1, 0.15) is 49.7 Å².